The van der Waals surface area contributed by atoms with Crippen LogP contribution in [0.5, 0.6) is 0 Å². The molecule has 0 radical (unpaired) electrons. The predicted molar refractivity (Wildman–Crippen MR) is 105 cm³/mol. The molecule has 6 nitrogen and oxygen atoms in total. The monoisotopic (exact) mass is 426 g/mol. The van der Waals surface area contributed by atoms with Crippen LogP contribution in [0.4, 0.5) is 19.0 Å². The number of fused-ring (bicyclic) bond motifs is 1. The number of hydrogen-bond donors (Lipinski definition) is 0. The molecule has 29 heavy (non-hydrogen) atoms. The van der Waals surface area contributed by atoms with Crippen molar-refractivity contribution in [1.29, 1.82) is 0 Å². The minimum absolute atomic E-state index is 0.121. The fraction of sp³-hybridized carbons (Fsp3) is 0.579. The van der Waals surface area contributed by atoms with Crippen molar-refractivity contribution in [3.8, 4) is 0 Å². The Hall–Kier alpha value is -2.16. The van der Waals surface area contributed by atoms with Gasteiger partial charge in [-0.3, -0.25) is 0 Å². The van der Waals surface area contributed by atoms with Gasteiger partial charge in [0.1, 0.15) is 12.0 Å². The highest BCUT2D eigenvalue weighted by atomic mass is 35.5. The number of alkyl halides is 3. The van der Waals surface area contributed by atoms with Gasteiger partial charge in [-0.2, -0.15) is 4.80 Å². The first-order valence-corrected chi connectivity index (χ1v) is 9.85. The highest BCUT2D eigenvalue weighted by Gasteiger charge is 2.40. The van der Waals surface area contributed by atoms with Crippen molar-refractivity contribution in [1.82, 2.24) is 25.0 Å². The van der Waals surface area contributed by atoms with Crippen molar-refractivity contribution < 1.29 is 13.2 Å². The van der Waals surface area contributed by atoms with E-state index in [9.17, 15) is 13.2 Å². The summed E-state index contributed by atoms with van der Waals surface area (Å²) in [7, 11) is 0. The number of anilines is 1. The number of nitrogens with zero attached hydrogens (tertiary/aromatic N) is 6. The van der Waals surface area contributed by atoms with E-state index in [1.165, 1.54) is 10.9 Å². The van der Waals surface area contributed by atoms with E-state index in [4.69, 9.17) is 11.6 Å². The molecule has 2 aromatic rings. The topological polar surface area (TPSA) is 59.7 Å². The van der Waals surface area contributed by atoms with E-state index >= 15 is 0 Å². The minimum Gasteiger partial charge on any atom is -0.348 e. The van der Waals surface area contributed by atoms with Crippen LogP contribution in [0.15, 0.2) is 22.8 Å². The molecule has 10 heteroatoms. The van der Waals surface area contributed by atoms with E-state index in [1.54, 1.807) is 11.0 Å². The molecule has 0 N–H and O–H groups in total. The normalized spacial score (nSPS) is 22.2. The largest absolute Gasteiger partial charge is 0.348 e. The second-order valence-corrected chi connectivity index (χ2v) is 9.02. The Morgan fingerprint density at radius 2 is 2.00 bits per heavy atom. The molecule has 1 fully saturated rings. The van der Waals surface area contributed by atoms with Crippen molar-refractivity contribution in [3.05, 3.63) is 28.6 Å². The van der Waals surface area contributed by atoms with Crippen LogP contribution in [0.1, 0.15) is 39.4 Å². The second-order valence-electron chi connectivity index (χ2n) is 8.56. The number of allylic oxidation sites excluding steroid dienone is 4. The molecule has 0 amide bonds. The maximum absolute atomic E-state index is 13.8. The maximum Gasteiger partial charge on any atom is 0.266 e. The molecule has 0 spiro atoms. The summed E-state index contributed by atoms with van der Waals surface area (Å²) in [6.45, 7) is 5.86. The molecule has 0 saturated carbocycles. The van der Waals surface area contributed by atoms with Crippen LogP contribution in [0.2, 0.25) is 0 Å². The summed E-state index contributed by atoms with van der Waals surface area (Å²) < 4.78 is 41.1. The zero-order valence-corrected chi connectivity index (χ0v) is 17.2. The molecule has 1 atom stereocenters. The summed E-state index contributed by atoms with van der Waals surface area (Å²) in [6, 6.07) is 0. The van der Waals surface area contributed by atoms with Crippen molar-refractivity contribution in [2.45, 2.75) is 57.7 Å². The average molecular weight is 427 g/mol. The summed E-state index contributed by atoms with van der Waals surface area (Å²) in [4.78, 5) is 12.0. The number of rotatable bonds is 3. The third kappa shape index (κ3) is 4.10. The van der Waals surface area contributed by atoms with Crippen LogP contribution in [-0.2, 0) is 12.0 Å². The van der Waals surface area contributed by atoms with Crippen LogP contribution < -0.4 is 4.90 Å². The van der Waals surface area contributed by atoms with Crippen molar-refractivity contribution in [2.24, 2.45) is 0 Å². The van der Waals surface area contributed by atoms with Gasteiger partial charge in [0.2, 0.25) is 5.65 Å². The van der Waals surface area contributed by atoms with Gasteiger partial charge in [0, 0.05) is 29.8 Å². The third-order valence-corrected chi connectivity index (χ3v) is 5.35. The number of aromatic nitrogens is 5. The Kier molecular flexibility index (Phi) is 4.83. The highest BCUT2D eigenvalue weighted by molar-refractivity contribution is 6.30. The lowest BCUT2D eigenvalue weighted by atomic mass is 9.96. The first-order chi connectivity index (χ1) is 13.5. The van der Waals surface area contributed by atoms with E-state index < -0.39 is 18.6 Å². The van der Waals surface area contributed by atoms with E-state index in [-0.39, 0.29) is 31.3 Å². The Labute approximate surface area is 171 Å². The SMILES string of the molecule is CC(C)(C)c1nc(N2CCC(F)(F)C2)c2nn(CC3=C(Cl)CC(F)C=C3)nc2n1. The quantitative estimate of drug-likeness (QED) is 0.737. The van der Waals surface area contributed by atoms with Gasteiger partial charge in [-0.05, 0) is 11.6 Å². The van der Waals surface area contributed by atoms with E-state index in [1.807, 2.05) is 20.8 Å². The Bertz CT molecular complexity index is 1010. The fourth-order valence-electron chi connectivity index (χ4n) is 3.35. The highest BCUT2D eigenvalue weighted by Crippen LogP contribution is 2.34. The molecular formula is C19H22ClF3N6. The molecule has 2 aromatic heterocycles. The van der Waals surface area contributed by atoms with E-state index in [0.717, 1.165) is 0 Å². The van der Waals surface area contributed by atoms with Gasteiger partial charge in [0.05, 0.1) is 13.1 Å². The lowest BCUT2D eigenvalue weighted by Crippen LogP contribution is -2.27. The van der Waals surface area contributed by atoms with Crippen LogP contribution in [0.3, 0.4) is 0 Å². The van der Waals surface area contributed by atoms with Gasteiger partial charge in [0.15, 0.2) is 11.3 Å². The van der Waals surface area contributed by atoms with Gasteiger partial charge >= 0.3 is 0 Å². The molecule has 4 rings (SSSR count). The minimum atomic E-state index is -2.76. The van der Waals surface area contributed by atoms with Gasteiger partial charge in [0.25, 0.3) is 5.92 Å². The molecule has 1 aliphatic carbocycles. The van der Waals surface area contributed by atoms with Crippen molar-refractivity contribution >= 4 is 28.6 Å². The van der Waals surface area contributed by atoms with Gasteiger partial charge < -0.3 is 4.90 Å². The zero-order valence-electron chi connectivity index (χ0n) is 16.5. The van der Waals surface area contributed by atoms with Crippen LogP contribution >= 0.6 is 11.6 Å². The van der Waals surface area contributed by atoms with Crippen LogP contribution in [-0.4, -0.2) is 50.1 Å². The molecule has 0 aromatic carbocycles. The first kappa shape index (κ1) is 20.1. The Morgan fingerprint density at radius 3 is 2.62 bits per heavy atom. The molecule has 1 saturated heterocycles. The predicted octanol–water partition coefficient (Wildman–Crippen LogP) is 4.16. The first-order valence-electron chi connectivity index (χ1n) is 9.48. The smallest absolute Gasteiger partial charge is 0.266 e. The van der Waals surface area contributed by atoms with Crippen molar-refractivity contribution in [2.75, 3.05) is 18.0 Å². The summed E-state index contributed by atoms with van der Waals surface area (Å²) in [5.74, 6) is -1.88. The molecule has 156 valence electrons. The summed E-state index contributed by atoms with van der Waals surface area (Å²) in [5.41, 5.74) is 1.04. The molecule has 0 bridgehead atoms. The summed E-state index contributed by atoms with van der Waals surface area (Å²) >= 11 is 6.18. The van der Waals surface area contributed by atoms with E-state index in [2.05, 4.69) is 20.2 Å². The van der Waals surface area contributed by atoms with Crippen LogP contribution in [0.25, 0.3) is 11.2 Å². The summed E-state index contributed by atoms with van der Waals surface area (Å²) in [5, 5.41) is 9.29. The lowest BCUT2D eigenvalue weighted by molar-refractivity contribution is 0.0257. The van der Waals surface area contributed by atoms with Crippen molar-refractivity contribution in [3.63, 3.8) is 0 Å². The maximum atomic E-state index is 13.8. The second kappa shape index (κ2) is 6.97. The Balaban J connectivity index is 1.76. The average Bonchev–Trinajstić information content (AvgIpc) is 3.18. The van der Waals surface area contributed by atoms with E-state index in [0.29, 0.717) is 33.4 Å². The third-order valence-electron chi connectivity index (χ3n) is 4.95. The molecule has 2 aliphatic rings. The molecular weight excluding hydrogens is 405 g/mol. The standard InChI is InChI=1S/C19H22ClF3N6/c1-18(2,3)17-24-15-14(16(25-17)28-7-6-19(22,23)10-28)26-29(27-15)9-11-4-5-12(21)8-13(11)20/h4-5,12H,6-10H2,1-3H3. The molecule has 1 aliphatic heterocycles. The zero-order chi connectivity index (χ0) is 21.0. The van der Waals surface area contributed by atoms with Gasteiger partial charge in [-0.15, -0.1) is 10.2 Å². The van der Waals surface area contributed by atoms with Gasteiger partial charge in [-0.25, -0.2) is 23.1 Å². The Morgan fingerprint density at radius 1 is 1.24 bits per heavy atom. The molecule has 1 unspecified atom stereocenters. The fourth-order valence-corrected chi connectivity index (χ4v) is 3.62. The van der Waals surface area contributed by atoms with Crippen LogP contribution in [0, 0.1) is 0 Å². The van der Waals surface area contributed by atoms with Gasteiger partial charge in [-0.1, -0.05) is 38.4 Å². The number of halogens is 4. The summed E-state index contributed by atoms with van der Waals surface area (Å²) in [6.07, 6.45) is 1.86. The number of hydrogen-bond acceptors (Lipinski definition) is 5. The lowest BCUT2D eigenvalue weighted by Gasteiger charge is -2.21. The molecule has 3 heterocycles.